The number of amides is 11. The Balaban J connectivity index is 1.53. The summed E-state index contributed by atoms with van der Waals surface area (Å²) in [6, 6.07) is -3.30. The summed E-state index contributed by atoms with van der Waals surface area (Å²) in [6.07, 6.45) is 4.81. The number of nitrogens with zero attached hydrogens (tertiary/aromatic N) is 2. The summed E-state index contributed by atoms with van der Waals surface area (Å²) in [5.74, 6) is -9.81. The highest BCUT2D eigenvalue weighted by molar-refractivity contribution is 8.77. The Morgan fingerprint density at radius 2 is 1.49 bits per heavy atom. The van der Waals surface area contributed by atoms with Crippen LogP contribution in [0.15, 0.2) is 35.5 Å². The van der Waals surface area contributed by atoms with Crippen molar-refractivity contribution < 1.29 is 52.7 Å². The highest BCUT2D eigenvalue weighted by Gasteiger charge is 2.43. The van der Waals surface area contributed by atoms with Crippen molar-refractivity contribution in [2.24, 2.45) is 39.6 Å². The molecule has 9 atom stereocenters. The second-order valence-corrected chi connectivity index (χ2v) is 23.3. The number of hydrogen-bond acceptors (Lipinski definition) is 14. The first-order valence-electron chi connectivity index (χ1n) is 26.7. The molecule has 3 aliphatic rings. The highest BCUT2D eigenvalue weighted by atomic mass is 33.1. The fraction of sp³-hybridized carbons (Fsp3) is 0.608. The average Bonchev–Trinajstić information content (AvgIpc) is 4.11. The standard InChI is InChI=1S/C51H77N15O11S2/c1-4-27(2)41-48(76)62-33(16-17-38(52)67)44(72)63-35(23-39(53)68)45(73)64-36(49(77)66-21-11-15-37(66)47(75)61-32(14-10-20-57-50(55)56)43(71)59-28(3)42(54)70)26-78-79-51(18-8-5-9-19-51)24-40(69)60-34(46(74)65-41)22-29-25-58-31-13-7-6-12-30(29)31/h6-7,12-13,25,27-28,32-37,41,58H,4-5,8-11,14-24,26H2,1-3H3,(H2,52,67)(H2,53,68)(H2,54,70)(H,59,71)(H,60,69)(H,61,75)(H,62,76)(H,63,72)(H,64,73)(H,65,74)(H4,55,56,57)/t27-,28-,32-,33-,34-,35-,36-,37-,41-/m0/s1. The van der Waals surface area contributed by atoms with Gasteiger partial charge in [-0.25, -0.2) is 0 Å². The van der Waals surface area contributed by atoms with Crippen LogP contribution in [-0.2, 0) is 59.2 Å². The number of hydrogen-bond donors (Lipinski definition) is 13. The van der Waals surface area contributed by atoms with E-state index in [1.807, 2.05) is 24.3 Å². The molecule has 0 bridgehead atoms. The summed E-state index contributed by atoms with van der Waals surface area (Å²) in [7, 11) is 2.54. The lowest BCUT2D eigenvalue weighted by Crippen LogP contribution is -2.61. The van der Waals surface area contributed by atoms with Gasteiger partial charge in [0.05, 0.1) is 6.42 Å². The minimum Gasteiger partial charge on any atom is -0.370 e. The normalized spacial score (nSPS) is 23.8. The SMILES string of the molecule is CC[C@H](C)[C@@H]1NC(=O)[C@H](Cc2c[nH]c3ccccc23)NC(=O)CC2(CCCCC2)SSC[C@@H](C(=O)N2CCC[C@H]2C(=O)N[C@@H](CCCN=C(N)N)C(=O)N[C@@H](C)C(N)=O)NC(=O)[C@H](CC(N)=O)NC(=O)[C@H](CCC(N)=O)NC1=O. The van der Waals surface area contributed by atoms with Gasteiger partial charge in [-0.15, -0.1) is 0 Å². The number of rotatable bonds is 19. The number of aromatic amines is 1. The van der Waals surface area contributed by atoms with Crippen LogP contribution in [0.1, 0.15) is 116 Å². The van der Waals surface area contributed by atoms with Crippen molar-refractivity contribution in [1.82, 2.24) is 47.1 Å². The number of primary amides is 3. The van der Waals surface area contributed by atoms with Crippen molar-refractivity contribution in [1.29, 1.82) is 0 Å². The van der Waals surface area contributed by atoms with E-state index >= 15 is 0 Å². The van der Waals surface area contributed by atoms with E-state index < -0.39 is 137 Å². The largest absolute Gasteiger partial charge is 0.370 e. The lowest BCUT2D eigenvalue weighted by molar-refractivity contribution is -0.142. The third-order valence-corrected chi connectivity index (χ3v) is 17.7. The number of para-hydroxylation sites is 1. The van der Waals surface area contributed by atoms with Gasteiger partial charge in [-0.3, -0.25) is 57.7 Å². The number of benzene rings is 1. The molecule has 26 nitrogen and oxygen atoms in total. The summed E-state index contributed by atoms with van der Waals surface area (Å²) in [6.45, 7) is 5.02. The molecule has 3 fully saturated rings. The van der Waals surface area contributed by atoms with Gasteiger partial charge in [-0.2, -0.15) is 0 Å². The minimum atomic E-state index is -1.75. The van der Waals surface area contributed by atoms with Crippen molar-refractivity contribution in [2.45, 2.75) is 170 Å². The Morgan fingerprint density at radius 1 is 0.810 bits per heavy atom. The Bertz CT molecular complexity index is 2590. The third-order valence-electron chi connectivity index (χ3n) is 14.4. The zero-order chi connectivity index (χ0) is 58.0. The van der Waals surface area contributed by atoms with Crippen LogP contribution in [0.2, 0.25) is 0 Å². The van der Waals surface area contributed by atoms with Crippen molar-refractivity contribution in [2.75, 3.05) is 18.8 Å². The van der Waals surface area contributed by atoms with Gasteiger partial charge in [0, 0.05) is 60.0 Å². The number of guanidine groups is 1. The highest BCUT2D eigenvalue weighted by Crippen LogP contribution is 2.48. The molecule has 5 rings (SSSR count). The molecule has 434 valence electrons. The summed E-state index contributed by atoms with van der Waals surface area (Å²) >= 11 is 0. The van der Waals surface area contributed by atoms with Gasteiger partial charge in [0.25, 0.3) is 0 Å². The second-order valence-electron chi connectivity index (χ2n) is 20.5. The topological polar surface area (TPSA) is 433 Å². The second kappa shape index (κ2) is 29.8. The molecule has 2 aromatic rings. The van der Waals surface area contributed by atoms with E-state index in [0.717, 1.165) is 35.7 Å². The van der Waals surface area contributed by atoms with E-state index in [0.29, 0.717) is 25.7 Å². The van der Waals surface area contributed by atoms with Crippen LogP contribution in [0.25, 0.3) is 10.9 Å². The first kappa shape index (κ1) is 62.7. The van der Waals surface area contributed by atoms with Crippen molar-refractivity contribution >= 4 is 103 Å². The van der Waals surface area contributed by atoms with Gasteiger partial charge < -0.3 is 75.8 Å². The first-order chi connectivity index (χ1) is 37.5. The van der Waals surface area contributed by atoms with Crippen LogP contribution >= 0.6 is 21.6 Å². The van der Waals surface area contributed by atoms with Gasteiger partial charge in [-0.1, -0.05) is 79.3 Å². The number of nitrogens with two attached hydrogens (primary N) is 5. The molecule has 28 heteroatoms. The molecule has 79 heavy (non-hydrogen) atoms. The lowest BCUT2D eigenvalue weighted by atomic mass is 9.85. The Kier molecular flexibility index (Phi) is 23.6. The Morgan fingerprint density at radius 3 is 2.16 bits per heavy atom. The maximum atomic E-state index is 15.0. The van der Waals surface area contributed by atoms with Crippen LogP contribution in [-0.4, -0.2) is 153 Å². The van der Waals surface area contributed by atoms with Gasteiger partial charge in [0.1, 0.15) is 48.3 Å². The molecule has 2 aliphatic heterocycles. The van der Waals surface area contributed by atoms with E-state index in [4.69, 9.17) is 28.7 Å². The van der Waals surface area contributed by atoms with E-state index in [2.05, 4.69) is 47.2 Å². The molecule has 11 amide bonds. The Hall–Kier alpha value is -7.10. The average molecular weight is 1140 g/mol. The van der Waals surface area contributed by atoms with Gasteiger partial charge in [-0.05, 0) is 69.4 Å². The number of carbonyl (C=O) groups is 11. The van der Waals surface area contributed by atoms with E-state index in [9.17, 15) is 52.7 Å². The molecule has 1 aromatic carbocycles. The van der Waals surface area contributed by atoms with Crippen LogP contribution in [0, 0.1) is 5.92 Å². The maximum absolute atomic E-state index is 15.0. The molecular weight excluding hydrogens is 1060 g/mol. The first-order valence-corrected chi connectivity index (χ1v) is 29.0. The Labute approximate surface area is 466 Å². The van der Waals surface area contributed by atoms with Crippen molar-refractivity contribution in [3.05, 3.63) is 36.0 Å². The zero-order valence-electron chi connectivity index (χ0n) is 44.9. The quantitative estimate of drug-likeness (QED) is 0.0324. The van der Waals surface area contributed by atoms with E-state index in [1.165, 1.54) is 33.4 Å². The third kappa shape index (κ3) is 18.5. The summed E-state index contributed by atoms with van der Waals surface area (Å²) in [4.78, 5) is 160. The van der Waals surface area contributed by atoms with Gasteiger partial charge in [0.2, 0.25) is 65.0 Å². The molecular formula is C51H77N15O11S2. The number of fused-ring (bicyclic) bond motifs is 1. The number of carbonyl (C=O) groups excluding carboxylic acids is 11. The molecule has 1 spiro atoms. The smallest absolute Gasteiger partial charge is 0.246 e. The van der Waals surface area contributed by atoms with Gasteiger partial charge >= 0.3 is 0 Å². The number of aliphatic imine (C=N–C) groups is 1. The summed E-state index contributed by atoms with van der Waals surface area (Å²) < 4.78 is -0.729. The fourth-order valence-corrected chi connectivity index (χ4v) is 13.2. The molecule has 18 N–H and O–H groups in total. The zero-order valence-corrected chi connectivity index (χ0v) is 46.5. The number of nitrogens with one attached hydrogen (secondary N) is 8. The fourth-order valence-electron chi connectivity index (χ4n) is 9.81. The summed E-state index contributed by atoms with van der Waals surface area (Å²) in [5.41, 5.74) is 29.0. The number of H-pyrrole nitrogens is 1. The molecule has 2 saturated heterocycles. The number of aromatic nitrogens is 1. The lowest BCUT2D eigenvalue weighted by Gasteiger charge is -2.37. The van der Waals surface area contributed by atoms with Crippen molar-refractivity contribution in [3.8, 4) is 0 Å². The predicted octanol–water partition coefficient (Wildman–Crippen LogP) is -1.67. The summed E-state index contributed by atoms with van der Waals surface area (Å²) in [5, 5.41) is 19.6. The number of likely N-dealkylation sites (tertiary alicyclic amines) is 1. The van der Waals surface area contributed by atoms with E-state index in [-0.39, 0.29) is 63.3 Å². The van der Waals surface area contributed by atoms with E-state index in [1.54, 1.807) is 20.0 Å². The molecule has 1 saturated carbocycles. The predicted molar refractivity (Wildman–Crippen MR) is 297 cm³/mol. The molecule has 0 radical (unpaired) electrons. The molecule has 1 aromatic heterocycles. The van der Waals surface area contributed by atoms with Crippen LogP contribution in [0.3, 0.4) is 0 Å². The monoisotopic (exact) mass is 1140 g/mol. The van der Waals surface area contributed by atoms with Crippen LogP contribution in [0.4, 0.5) is 0 Å². The van der Waals surface area contributed by atoms with Crippen LogP contribution in [0.5, 0.6) is 0 Å². The van der Waals surface area contributed by atoms with Crippen LogP contribution < -0.4 is 65.9 Å². The molecule has 0 unspecified atom stereocenters. The van der Waals surface area contributed by atoms with Gasteiger partial charge in [0.15, 0.2) is 5.96 Å². The van der Waals surface area contributed by atoms with Crippen molar-refractivity contribution in [3.63, 3.8) is 0 Å². The maximum Gasteiger partial charge on any atom is 0.246 e. The molecule has 1 aliphatic carbocycles. The molecule has 3 heterocycles. The minimum absolute atomic E-state index is 0.0171.